The third kappa shape index (κ3) is 1.53. The molecule has 0 spiro atoms. The second-order valence-corrected chi connectivity index (χ2v) is 4.19. The summed E-state index contributed by atoms with van der Waals surface area (Å²) in [5.74, 6) is 0.813. The molecular weight excluding hydrogens is 192 g/mol. The highest BCUT2D eigenvalue weighted by Crippen LogP contribution is 2.22. The van der Waals surface area contributed by atoms with E-state index < -0.39 is 0 Å². The van der Waals surface area contributed by atoms with E-state index in [0.29, 0.717) is 0 Å². The fraction of sp³-hybridized carbons (Fsp3) is 0.273. The Kier molecular flexibility index (Phi) is 2.52. The second-order valence-electron chi connectivity index (χ2n) is 3.60. The number of hydrogen-bond donors (Lipinski definition) is 1. The Balaban J connectivity index is 2.66. The lowest BCUT2D eigenvalue weighted by Crippen LogP contribution is -1.96. The van der Waals surface area contributed by atoms with E-state index in [4.69, 9.17) is 5.14 Å². The van der Waals surface area contributed by atoms with Crippen LogP contribution in [0.3, 0.4) is 0 Å². The Labute approximate surface area is 88.2 Å². The summed E-state index contributed by atoms with van der Waals surface area (Å²) in [6.07, 6.45) is 2.09. The van der Waals surface area contributed by atoms with Crippen LogP contribution in [0.2, 0.25) is 0 Å². The van der Waals surface area contributed by atoms with E-state index in [2.05, 4.69) is 42.8 Å². The molecule has 0 fully saturated rings. The summed E-state index contributed by atoms with van der Waals surface area (Å²) in [6, 6.07) is 6.56. The molecule has 0 unspecified atom stereocenters. The molecule has 1 aromatic heterocycles. The minimum Gasteiger partial charge on any atom is -0.336 e. The van der Waals surface area contributed by atoms with Crippen molar-refractivity contribution in [1.82, 2.24) is 4.57 Å². The van der Waals surface area contributed by atoms with Gasteiger partial charge in [-0.25, -0.2) is 0 Å². The number of fused-ring (bicyclic) bond motifs is 1. The van der Waals surface area contributed by atoms with Crippen molar-refractivity contribution in [2.24, 2.45) is 5.14 Å². The van der Waals surface area contributed by atoms with Crippen molar-refractivity contribution in [1.29, 1.82) is 0 Å². The molecule has 0 aliphatic heterocycles. The first-order chi connectivity index (χ1) is 6.72. The molecule has 2 N–H and O–H groups in total. The molecule has 0 aliphatic carbocycles. The maximum Gasteiger partial charge on any atom is 0.0824 e. The van der Waals surface area contributed by atoms with Crippen molar-refractivity contribution in [3.8, 4) is 0 Å². The molecule has 74 valence electrons. The van der Waals surface area contributed by atoms with Crippen molar-refractivity contribution >= 4 is 22.9 Å². The first-order valence-corrected chi connectivity index (χ1v) is 5.65. The molecule has 2 rings (SSSR count). The van der Waals surface area contributed by atoms with Gasteiger partial charge in [0.1, 0.15) is 0 Å². The summed E-state index contributed by atoms with van der Waals surface area (Å²) in [5, 5.41) is 6.79. The molecular formula is C11H14N2S. The molecule has 0 amide bonds. The summed E-state index contributed by atoms with van der Waals surface area (Å²) < 4.78 is 2.19. The largest absolute Gasteiger partial charge is 0.336 e. The Bertz CT molecular complexity index is 460. The van der Waals surface area contributed by atoms with Gasteiger partial charge in [-0.2, -0.15) is 0 Å². The van der Waals surface area contributed by atoms with Crippen LogP contribution in [0.1, 0.15) is 11.1 Å². The minimum atomic E-state index is 0.813. The number of hydrogen-bond acceptors (Lipinski definition) is 2. The van der Waals surface area contributed by atoms with E-state index in [9.17, 15) is 0 Å². The van der Waals surface area contributed by atoms with Crippen LogP contribution in [-0.4, -0.2) is 4.57 Å². The standard InChI is InChI=1S/C11H14N2S/c1-8-5-9(2)11-10(6-8)3-4-13(11)7-14-12/h3-6H,7,12H2,1-2H3. The lowest BCUT2D eigenvalue weighted by molar-refractivity contribution is 0.938. The van der Waals surface area contributed by atoms with E-state index >= 15 is 0 Å². The Morgan fingerprint density at radius 1 is 1.36 bits per heavy atom. The molecule has 1 heterocycles. The van der Waals surface area contributed by atoms with Gasteiger partial charge in [0.25, 0.3) is 0 Å². The number of nitrogens with two attached hydrogens (primary N) is 1. The smallest absolute Gasteiger partial charge is 0.0824 e. The van der Waals surface area contributed by atoms with Crippen LogP contribution in [0.25, 0.3) is 10.9 Å². The lowest BCUT2D eigenvalue weighted by atomic mass is 10.1. The van der Waals surface area contributed by atoms with E-state index in [-0.39, 0.29) is 0 Å². The highest BCUT2D eigenvalue weighted by Gasteiger charge is 2.03. The molecule has 3 heteroatoms. The van der Waals surface area contributed by atoms with Crippen molar-refractivity contribution in [3.05, 3.63) is 35.5 Å². The van der Waals surface area contributed by atoms with Gasteiger partial charge in [-0.1, -0.05) is 23.6 Å². The van der Waals surface area contributed by atoms with E-state index in [1.54, 1.807) is 0 Å². The average molecular weight is 206 g/mol. The number of rotatable bonds is 2. The van der Waals surface area contributed by atoms with Crippen LogP contribution in [0.4, 0.5) is 0 Å². The van der Waals surface area contributed by atoms with Gasteiger partial charge in [-0.05, 0) is 31.5 Å². The number of nitrogens with zero attached hydrogens (tertiary/aromatic N) is 1. The van der Waals surface area contributed by atoms with Crippen molar-refractivity contribution in [2.45, 2.75) is 19.7 Å². The fourth-order valence-corrected chi connectivity index (χ4v) is 2.32. The Morgan fingerprint density at radius 2 is 2.14 bits per heavy atom. The van der Waals surface area contributed by atoms with Gasteiger partial charge >= 0.3 is 0 Å². The molecule has 0 saturated carbocycles. The van der Waals surface area contributed by atoms with Crippen molar-refractivity contribution < 1.29 is 0 Å². The van der Waals surface area contributed by atoms with Crippen LogP contribution < -0.4 is 5.14 Å². The molecule has 1 aromatic carbocycles. The van der Waals surface area contributed by atoms with Gasteiger partial charge in [0.2, 0.25) is 0 Å². The zero-order valence-corrected chi connectivity index (χ0v) is 9.27. The van der Waals surface area contributed by atoms with Crippen LogP contribution in [-0.2, 0) is 5.88 Å². The van der Waals surface area contributed by atoms with Gasteiger partial charge in [-0.15, -0.1) is 0 Å². The SMILES string of the molecule is Cc1cc(C)c2c(ccn2CSN)c1. The van der Waals surface area contributed by atoms with Crippen molar-refractivity contribution in [2.75, 3.05) is 0 Å². The van der Waals surface area contributed by atoms with E-state index in [1.165, 1.54) is 34.0 Å². The summed E-state index contributed by atoms with van der Waals surface area (Å²) >= 11 is 1.35. The molecule has 0 aliphatic rings. The average Bonchev–Trinajstić information content (AvgIpc) is 2.49. The van der Waals surface area contributed by atoms with Crippen LogP contribution in [0.5, 0.6) is 0 Å². The molecule has 0 atom stereocenters. The molecule has 0 saturated heterocycles. The molecule has 0 bridgehead atoms. The second kappa shape index (κ2) is 3.67. The maximum atomic E-state index is 5.49. The summed E-state index contributed by atoms with van der Waals surface area (Å²) in [5.41, 5.74) is 3.93. The van der Waals surface area contributed by atoms with Gasteiger partial charge in [-0.3, -0.25) is 5.14 Å². The normalized spacial score (nSPS) is 11.1. The van der Waals surface area contributed by atoms with Gasteiger partial charge < -0.3 is 4.57 Å². The molecule has 0 radical (unpaired) electrons. The van der Waals surface area contributed by atoms with Crippen LogP contribution in [0.15, 0.2) is 24.4 Å². The lowest BCUT2D eigenvalue weighted by Gasteiger charge is -2.06. The predicted octanol–water partition coefficient (Wildman–Crippen LogP) is 2.82. The summed E-state index contributed by atoms with van der Waals surface area (Å²) in [7, 11) is 0. The van der Waals surface area contributed by atoms with Gasteiger partial charge in [0.15, 0.2) is 0 Å². The topological polar surface area (TPSA) is 30.9 Å². The highest BCUT2D eigenvalue weighted by molar-refractivity contribution is 7.96. The third-order valence-electron chi connectivity index (χ3n) is 2.41. The fourth-order valence-electron chi connectivity index (χ4n) is 1.94. The van der Waals surface area contributed by atoms with E-state index in [1.807, 2.05) is 0 Å². The van der Waals surface area contributed by atoms with Crippen LogP contribution >= 0.6 is 11.9 Å². The first-order valence-electron chi connectivity index (χ1n) is 4.60. The predicted molar refractivity (Wildman–Crippen MR) is 63.2 cm³/mol. The number of benzene rings is 1. The molecule has 2 aromatic rings. The summed E-state index contributed by atoms with van der Waals surface area (Å²) in [4.78, 5) is 0. The molecule has 2 nitrogen and oxygen atoms in total. The van der Waals surface area contributed by atoms with Crippen molar-refractivity contribution in [3.63, 3.8) is 0 Å². The van der Waals surface area contributed by atoms with E-state index in [0.717, 1.165) is 5.88 Å². The van der Waals surface area contributed by atoms with Crippen LogP contribution in [0, 0.1) is 13.8 Å². The van der Waals surface area contributed by atoms with Gasteiger partial charge in [0.05, 0.1) is 11.4 Å². The number of aromatic nitrogens is 1. The Morgan fingerprint density at radius 3 is 2.86 bits per heavy atom. The first kappa shape index (κ1) is 9.62. The zero-order chi connectivity index (χ0) is 10.1. The van der Waals surface area contributed by atoms with Gasteiger partial charge in [0, 0.05) is 11.6 Å². The quantitative estimate of drug-likeness (QED) is 0.766. The molecule has 14 heavy (non-hydrogen) atoms. The monoisotopic (exact) mass is 206 g/mol. The number of aryl methyl sites for hydroxylation is 2. The maximum absolute atomic E-state index is 5.49. The Hall–Kier alpha value is -0.930. The summed E-state index contributed by atoms with van der Waals surface area (Å²) in [6.45, 7) is 4.27. The zero-order valence-electron chi connectivity index (χ0n) is 8.45. The highest BCUT2D eigenvalue weighted by atomic mass is 32.2. The minimum absolute atomic E-state index is 0.813. The third-order valence-corrected chi connectivity index (χ3v) is 2.84.